The minimum absolute atomic E-state index is 0.0383. The number of hydrogen-bond donors (Lipinski definition) is 2. The summed E-state index contributed by atoms with van der Waals surface area (Å²) in [5.74, 6) is -1.95. The van der Waals surface area contributed by atoms with Gasteiger partial charge in [-0.25, -0.2) is 9.37 Å². The zero-order valence-corrected chi connectivity index (χ0v) is 15.5. The summed E-state index contributed by atoms with van der Waals surface area (Å²) in [6, 6.07) is 11.2. The first-order chi connectivity index (χ1) is 14.0. The molecule has 8 heteroatoms. The molecular formula is C21H18FN3O4. The molecule has 0 bridgehead atoms. The van der Waals surface area contributed by atoms with Gasteiger partial charge < -0.3 is 15.2 Å². The summed E-state index contributed by atoms with van der Waals surface area (Å²) in [6.07, 6.45) is 2.72. The van der Waals surface area contributed by atoms with Gasteiger partial charge in [0, 0.05) is 23.5 Å². The maximum absolute atomic E-state index is 14.1. The Balaban J connectivity index is 1.92. The first kappa shape index (κ1) is 19.9. The molecule has 148 valence electrons. The topological polar surface area (TPSA) is 101 Å². The van der Waals surface area contributed by atoms with Crippen LogP contribution in [0, 0.1) is 5.82 Å². The zero-order valence-electron chi connectivity index (χ0n) is 15.5. The maximum Gasteiger partial charge on any atom is 0.305 e. The summed E-state index contributed by atoms with van der Waals surface area (Å²) in [7, 11) is 1.48. The molecule has 0 aliphatic carbocycles. The van der Waals surface area contributed by atoms with Crippen LogP contribution in [0.3, 0.4) is 0 Å². The largest absolute Gasteiger partial charge is 0.494 e. The number of halogens is 1. The molecule has 29 heavy (non-hydrogen) atoms. The van der Waals surface area contributed by atoms with E-state index in [1.54, 1.807) is 36.7 Å². The van der Waals surface area contributed by atoms with Crippen LogP contribution in [0.25, 0.3) is 11.3 Å². The number of pyridine rings is 2. The molecule has 0 aliphatic rings. The molecule has 0 spiro atoms. The second-order valence-corrected chi connectivity index (χ2v) is 6.13. The van der Waals surface area contributed by atoms with Crippen LogP contribution in [0.5, 0.6) is 5.75 Å². The average Bonchev–Trinajstić information content (AvgIpc) is 2.73. The second-order valence-electron chi connectivity index (χ2n) is 6.13. The van der Waals surface area contributed by atoms with E-state index in [1.807, 2.05) is 0 Å². The van der Waals surface area contributed by atoms with Crippen LogP contribution >= 0.6 is 0 Å². The van der Waals surface area contributed by atoms with Crippen LogP contribution in [0.2, 0.25) is 0 Å². The Morgan fingerprint density at radius 1 is 1.17 bits per heavy atom. The predicted molar refractivity (Wildman–Crippen MR) is 103 cm³/mol. The van der Waals surface area contributed by atoms with E-state index in [2.05, 4.69) is 15.3 Å². The molecule has 0 saturated carbocycles. The molecule has 0 fully saturated rings. The lowest BCUT2D eigenvalue weighted by Gasteiger charge is -2.18. The molecule has 3 rings (SSSR count). The molecular weight excluding hydrogens is 377 g/mol. The van der Waals surface area contributed by atoms with Crippen molar-refractivity contribution in [2.24, 2.45) is 0 Å². The van der Waals surface area contributed by atoms with Gasteiger partial charge >= 0.3 is 5.97 Å². The second kappa shape index (κ2) is 8.92. The molecule has 2 N–H and O–H groups in total. The highest BCUT2D eigenvalue weighted by molar-refractivity contribution is 5.93. The van der Waals surface area contributed by atoms with Crippen molar-refractivity contribution in [2.45, 2.75) is 12.5 Å². The van der Waals surface area contributed by atoms with E-state index in [4.69, 9.17) is 9.84 Å². The van der Waals surface area contributed by atoms with Crippen LogP contribution in [0.1, 0.15) is 28.5 Å². The molecule has 7 nitrogen and oxygen atoms in total. The molecule has 0 radical (unpaired) electrons. The number of nitrogens with zero attached hydrogens (tertiary/aromatic N) is 2. The molecule has 1 atom stereocenters. The van der Waals surface area contributed by atoms with E-state index in [9.17, 15) is 14.0 Å². The highest BCUT2D eigenvalue weighted by Gasteiger charge is 2.23. The molecule has 0 unspecified atom stereocenters. The molecule has 1 aromatic carbocycles. The number of aliphatic carboxylic acids is 1. The lowest BCUT2D eigenvalue weighted by molar-refractivity contribution is -0.137. The number of ether oxygens (including phenoxy) is 1. The van der Waals surface area contributed by atoms with Gasteiger partial charge in [-0.15, -0.1) is 0 Å². The fourth-order valence-electron chi connectivity index (χ4n) is 2.85. The van der Waals surface area contributed by atoms with Crippen LogP contribution < -0.4 is 10.1 Å². The first-order valence-electron chi connectivity index (χ1n) is 8.72. The normalized spacial score (nSPS) is 11.5. The number of benzene rings is 1. The molecule has 2 heterocycles. The minimum Gasteiger partial charge on any atom is -0.494 e. The third kappa shape index (κ3) is 4.73. The van der Waals surface area contributed by atoms with Crippen molar-refractivity contribution < 1.29 is 23.8 Å². The van der Waals surface area contributed by atoms with Gasteiger partial charge in [0.1, 0.15) is 23.0 Å². The van der Waals surface area contributed by atoms with Crippen molar-refractivity contribution in [1.29, 1.82) is 0 Å². The van der Waals surface area contributed by atoms with Gasteiger partial charge in [0.2, 0.25) is 0 Å². The monoisotopic (exact) mass is 395 g/mol. The van der Waals surface area contributed by atoms with Crippen LogP contribution in [-0.4, -0.2) is 34.1 Å². The number of carbonyl (C=O) groups excluding carboxylic acids is 1. The fourth-order valence-corrected chi connectivity index (χ4v) is 2.85. The average molecular weight is 395 g/mol. The Bertz CT molecular complexity index is 1030. The molecule has 0 saturated heterocycles. The standard InChI is InChI=1S/C21H18FN3O4/c1-29-18-9-8-16(24-20(18)13-5-4-10-23-12-13)21(28)25-17(11-19(26)27)14-6-2-3-7-15(14)22/h2-10,12,17H,11H2,1H3,(H,25,28)(H,26,27)/t17-/m0/s1. The SMILES string of the molecule is COc1ccc(C(=O)N[C@@H](CC(=O)O)c2ccccc2F)nc1-c1cccnc1. The lowest BCUT2D eigenvalue weighted by atomic mass is 10.0. The summed E-state index contributed by atoms with van der Waals surface area (Å²) in [5, 5.41) is 11.7. The summed E-state index contributed by atoms with van der Waals surface area (Å²) < 4.78 is 19.4. The molecule has 1 amide bonds. The predicted octanol–water partition coefficient (Wildman–Crippen LogP) is 3.24. The van der Waals surface area contributed by atoms with Gasteiger partial charge in [-0.2, -0.15) is 0 Å². The minimum atomic E-state index is -1.17. The molecule has 0 aliphatic heterocycles. The highest BCUT2D eigenvalue weighted by Crippen LogP contribution is 2.28. The van der Waals surface area contributed by atoms with E-state index < -0.39 is 30.2 Å². The summed E-state index contributed by atoms with van der Waals surface area (Å²) >= 11 is 0. The number of hydrogen-bond acceptors (Lipinski definition) is 5. The summed E-state index contributed by atoms with van der Waals surface area (Å²) in [5.41, 5.74) is 1.18. The number of carboxylic acids is 1. The van der Waals surface area contributed by atoms with Crippen molar-refractivity contribution >= 4 is 11.9 Å². The number of amides is 1. The van der Waals surface area contributed by atoms with Crippen LogP contribution in [-0.2, 0) is 4.79 Å². The van der Waals surface area contributed by atoms with Gasteiger partial charge in [0.05, 0.1) is 19.6 Å². The summed E-state index contributed by atoms with van der Waals surface area (Å²) in [4.78, 5) is 32.4. The van der Waals surface area contributed by atoms with Gasteiger partial charge in [0.25, 0.3) is 5.91 Å². The number of nitrogens with one attached hydrogen (secondary N) is 1. The van der Waals surface area contributed by atoms with Gasteiger partial charge in [-0.05, 0) is 30.3 Å². The van der Waals surface area contributed by atoms with Gasteiger partial charge in [-0.1, -0.05) is 18.2 Å². The number of carbonyl (C=O) groups is 2. The van der Waals surface area contributed by atoms with Crippen molar-refractivity contribution in [3.05, 3.63) is 78.0 Å². The molecule has 2 aromatic heterocycles. The van der Waals surface area contributed by atoms with E-state index in [-0.39, 0.29) is 11.3 Å². The third-order valence-corrected chi connectivity index (χ3v) is 4.21. The Morgan fingerprint density at radius 3 is 2.62 bits per heavy atom. The smallest absolute Gasteiger partial charge is 0.305 e. The molecule has 3 aromatic rings. The van der Waals surface area contributed by atoms with E-state index in [0.717, 1.165) is 0 Å². The Hall–Kier alpha value is -3.81. The third-order valence-electron chi connectivity index (χ3n) is 4.21. The van der Waals surface area contributed by atoms with Gasteiger partial charge in [-0.3, -0.25) is 14.6 Å². The van der Waals surface area contributed by atoms with Crippen molar-refractivity contribution in [3.8, 4) is 17.0 Å². The number of rotatable bonds is 7. The van der Waals surface area contributed by atoms with Crippen molar-refractivity contribution in [1.82, 2.24) is 15.3 Å². The maximum atomic E-state index is 14.1. The first-order valence-corrected chi connectivity index (χ1v) is 8.72. The Morgan fingerprint density at radius 2 is 1.97 bits per heavy atom. The lowest BCUT2D eigenvalue weighted by Crippen LogP contribution is -2.31. The number of carboxylic acid groups (broad SMARTS) is 1. The number of methoxy groups -OCH3 is 1. The number of aromatic nitrogens is 2. The zero-order chi connectivity index (χ0) is 20.8. The Labute approximate surface area is 166 Å². The van der Waals surface area contributed by atoms with Crippen LogP contribution in [0.4, 0.5) is 4.39 Å². The fraction of sp³-hybridized carbons (Fsp3) is 0.143. The van der Waals surface area contributed by atoms with Gasteiger partial charge in [0.15, 0.2) is 0 Å². The van der Waals surface area contributed by atoms with E-state index in [1.165, 1.54) is 31.4 Å². The Kier molecular flexibility index (Phi) is 6.13. The quantitative estimate of drug-likeness (QED) is 0.637. The van der Waals surface area contributed by atoms with Crippen LogP contribution in [0.15, 0.2) is 60.9 Å². The highest BCUT2D eigenvalue weighted by atomic mass is 19.1. The van der Waals surface area contributed by atoms with Crippen molar-refractivity contribution in [2.75, 3.05) is 7.11 Å². The van der Waals surface area contributed by atoms with E-state index >= 15 is 0 Å². The van der Waals surface area contributed by atoms with Crippen molar-refractivity contribution in [3.63, 3.8) is 0 Å². The van der Waals surface area contributed by atoms with E-state index in [0.29, 0.717) is 17.0 Å². The summed E-state index contributed by atoms with van der Waals surface area (Å²) in [6.45, 7) is 0.